The number of carbonyl (C=O) groups excluding carboxylic acids is 2. The van der Waals surface area contributed by atoms with Gasteiger partial charge in [-0.05, 0) is 54.7 Å². The first kappa shape index (κ1) is 23.4. The Kier molecular flexibility index (Phi) is 6.23. The summed E-state index contributed by atoms with van der Waals surface area (Å²) in [5, 5.41) is 5.09. The average Bonchev–Trinajstić information content (AvgIpc) is 3.30. The summed E-state index contributed by atoms with van der Waals surface area (Å²) in [7, 11) is 1.40. The minimum Gasteiger partial charge on any atom is -0.453 e. The lowest BCUT2D eigenvalue weighted by molar-refractivity contribution is -0.129. The molecule has 8 nitrogen and oxygen atoms in total. The Balaban J connectivity index is 1.26. The molecule has 0 atom stereocenters. The van der Waals surface area contributed by atoms with Crippen molar-refractivity contribution >= 4 is 40.4 Å². The van der Waals surface area contributed by atoms with Gasteiger partial charge < -0.3 is 14.5 Å². The zero-order valence-corrected chi connectivity index (χ0v) is 20.7. The van der Waals surface area contributed by atoms with Crippen molar-refractivity contribution in [3.8, 4) is 0 Å². The van der Waals surface area contributed by atoms with Crippen LogP contribution >= 0.6 is 11.6 Å². The third-order valence-corrected chi connectivity index (χ3v) is 7.26. The van der Waals surface area contributed by atoms with E-state index in [9.17, 15) is 9.59 Å². The number of methoxy groups -OCH3 is 1. The third kappa shape index (κ3) is 4.62. The van der Waals surface area contributed by atoms with Crippen LogP contribution in [0.3, 0.4) is 0 Å². The van der Waals surface area contributed by atoms with Crippen molar-refractivity contribution in [2.45, 2.75) is 26.2 Å². The second-order valence-electron chi connectivity index (χ2n) is 9.50. The molecule has 0 saturated carbocycles. The number of hydrogen-bond acceptors (Lipinski definition) is 6. The van der Waals surface area contributed by atoms with Gasteiger partial charge in [-0.1, -0.05) is 29.8 Å². The summed E-state index contributed by atoms with van der Waals surface area (Å²) in [6.45, 7) is 4.45. The molecule has 5 rings (SSSR count). The number of aryl methyl sites for hydroxylation is 1. The number of amides is 1. The number of carbonyl (C=O) groups is 2. The highest BCUT2D eigenvalue weighted by molar-refractivity contribution is 6.30. The number of benzene rings is 1. The van der Waals surface area contributed by atoms with Gasteiger partial charge in [0.1, 0.15) is 17.6 Å². The minimum absolute atomic E-state index is 0.271. The van der Waals surface area contributed by atoms with Crippen LogP contribution in [0.1, 0.15) is 30.9 Å². The molecular formula is C26H28ClN5O3. The van der Waals surface area contributed by atoms with Gasteiger partial charge in [-0.2, -0.15) is 5.10 Å². The smallest absolute Gasteiger partial charge is 0.409 e. The summed E-state index contributed by atoms with van der Waals surface area (Å²) >= 11 is 5.96. The van der Waals surface area contributed by atoms with Crippen molar-refractivity contribution in [3.63, 3.8) is 0 Å². The maximum atomic E-state index is 13.0. The second-order valence-corrected chi connectivity index (χ2v) is 9.94. The zero-order valence-electron chi connectivity index (χ0n) is 19.9. The van der Waals surface area contributed by atoms with Crippen LogP contribution < -0.4 is 4.90 Å². The summed E-state index contributed by atoms with van der Waals surface area (Å²) in [6.07, 6.45) is 7.28. The normalized spacial score (nSPS) is 17.2. The van der Waals surface area contributed by atoms with Gasteiger partial charge in [0.05, 0.1) is 12.5 Å². The average molecular weight is 494 g/mol. The highest BCUT2D eigenvalue weighted by Gasteiger charge is 2.45. The van der Waals surface area contributed by atoms with Crippen molar-refractivity contribution in [2.24, 2.45) is 5.41 Å². The quantitative estimate of drug-likeness (QED) is 0.510. The van der Waals surface area contributed by atoms with E-state index in [1.165, 1.54) is 12.7 Å². The lowest BCUT2D eigenvalue weighted by atomic mass is 9.76. The number of aromatic nitrogens is 3. The molecule has 1 amide bonds. The van der Waals surface area contributed by atoms with Crippen LogP contribution in [0, 0.1) is 5.41 Å². The first-order valence-electron chi connectivity index (χ1n) is 11.7. The zero-order chi connectivity index (χ0) is 24.6. The van der Waals surface area contributed by atoms with Crippen LogP contribution in [0.15, 0.2) is 48.9 Å². The lowest BCUT2D eigenvalue weighted by Gasteiger charge is -2.47. The van der Waals surface area contributed by atoms with Crippen molar-refractivity contribution in [1.29, 1.82) is 0 Å². The van der Waals surface area contributed by atoms with E-state index in [-0.39, 0.29) is 17.3 Å². The highest BCUT2D eigenvalue weighted by Crippen LogP contribution is 2.37. The maximum absolute atomic E-state index is 13.0. The van der Waals surface area contributed by atoms with Crippen LogP contribution in [0.25, 0.3) is 11.1 Å². The van der Waals surface area contributed by atoms with Gasteiger partial charge in [-0.25, -0.2) is 14.3 Å². The molecule has 35 heavy (non-hydrogen) atoms. The molecular weight excluding hydrogens is 466 g/mol. The Morgan fingerprint density at radius 3 is 2.66 bits per heavy atom. The van der Waals surface area contributed by atoms with Crippen LogP contribution in [0.5, 0.6) is 0 Å². The fourth-order valence-corrected chi connectivity index (χ4v) is 5.02. The van der Waals surface area contributed by atoms with Crippen molar-refractivity contribution in [2.75, 3.05) is 38.2 Å². The topological polar surface area (TPSA) is 80.0 Å². The second kappa shape index (κ2) is 9.34. The molecule has 2 aliphatic rings. The van der Waals surface area contributed by atoms with E-state index >= 15 is 0 Å². The van der Waals surface area contributed by atoms with Crippen LogP contribution in [-0.4, -0.2) is 64.7 Å². The van der Waals surface area contributed by atoms with Crippen molar-refractivity contribution in [3.05, 3.63) is 65.1 Å². The van der Waals surface area contributed by atoms with Crippen LogP contribution in [-0.2, 0) is 16.0 Å². The van der Waals surface area contributed by atoms with Gasteiger partial charge in [-0.15, -0.1) is 0 Å². The lowest BCUT2D eigenvalue weighted by Crippen LogP contribution is -2.59. The van der Waals surface area contributed by atoms with Gasteiger partial charge >= 0.3 is 6.09 Å². The molecule has 0 spiro atoms. The van der Waals surface area contributed by atoms with Gasteiger partial charge in [0, 0.05) is 43.8 Å². The Labute approximate surface area is 209 Å². The number of ether oxygens (including phenoxy) is 1. The molecule has 1 aromatic carbocycles. The standard InChI is InChI=1S/C26H28ClN5O3/c1-26(23(33)8-5-18-3-6-21(27)7-4-18)15-31(16-26)24-22-13-20(14-32(22)29-17-28-24)19-9-11-30(12-10-19)25(34)35-2/h3-4,6-7,9,13-14,17H,5,8,10-12,15-16H2,1-2H3. The number of anilines is 1. The predicted octanol–water partition coefficient (Wildman–Crippen LogP) is 4.27. The Bertz CT molecular complexity index is 1290. The van der Waals surface area contributed by atoms with E-state index in [0.717, 1.165) is 28.9 Å². The van der Waals surface area contributed by atoms with Gasteiger partial charge in [-0.3, -0.25) is 4.79 Å². The van der Waals surface area contributed by atoms with E-state index in [1.807, 2.05) is 41.9 Å². The highest BCUT2D eigenvalue weighted by atomic mass is 35.5. The molecule has 2 aromatic heterocycles. The number of hydrogen-bond donors (Lipinski definition) is 0. The maximum Gasteiger partial charge on any atom is 0.409 e. The van der Waals surface area contributed by atoms with E-state index in [2.05, 4.69) is 27.1 Å². The molecule has 0 radical (unpaired) electrons. The van der Waals surface area contributed by atoms with Crippen LogP contribution in [0.4, 0.5) is 10.6 Å². The number of rotatable bonds is 6. The van der Waals surface area contributed by atoms with E-state index in [1.54, 1.807) is 11.2 Å². The number of nitrogens with zero attached hydrogens (tertiary/aromatic N) is 5. The van der Waals surface area contributed by atoms with Crippen molar-refractivity contribution < 1.29 is 14.3 Å². The van der Waals surface area contributed by atoms with E-state index in [4.69, 9.17) is 16.3 Å². The summed E-state index contributed by atoms with van der Waals surface area (Å²) in [5.41, 5.74) is 3.89. The third-order valence-electron chi connectivity index (χ3n) is 7.00. The van der Waals surface area contributed by atoms with Gasteiger partial charge in [0.15, 0.2) is 5.82 Å². The number of fused-ring (bicyclic) bond motifs is 1. The molecule has 4 heterocycles. The summed E-state index contributed by atoms with van der Waals surface area (Å²) < 4.78 is 6.65. The Morgan fingerprint density at radius 1 is 1.20 bits per heavy atom. The predicted molar refractivity (Wildman–Crippen MR) is 135 cm³/mol. The molecule has 1 fully saturated rings. The summed E-state index contributed by atoms with van der Waals surface area (Å²) in [5.74, 6) is 1.11. The molecule has 3 aromatic rings. The number of halogens is 1. The molecule has 0 N–H and O–H groups in total. The molecule has 2 aliphatic heterocycles. The molecule has 9 heteroatoms. The largest absolute Gasteiger partial charge is 0.453 e. The van der Waals surface area contributed by atoms with Gasteiger partial charge in [0.2, 0.25) is 0 Å². The fourth-order valence-electron chi connectivity index (χ4n) is 4.90. The first-order chi connectivity index (χ1) is 16.9. The summed E-state index contributed by atoms with van der Waals surface area (Å²) in [6, 6.07) is 9.76. The Morgan fingerprint density at radius 2 is 1.97 bits per heavy atom. The monoisotopic (exact) mass is 493 g/mol. The van der Waals surface area contributed by atoms with Crippen molar-refractivity contribution in [1.82, 2.24) is 19.5 Å². The number of ketones is 1. The van der Waals surface area contributed by atoms with E-state index in [0.29, 0.717) is 44.0 Å². The number of Topliss-reactive ketones (excluding diaryl/α,β-unsaturated/α-hetero) is 1. The molecule has 0 unspecified atom stereocenters. The summed E-state index contributed by atoms with van der Waals surface area (Å²) in [4.78, 5) is 33.1. The van der Waals surface area contributed by atoms with E-state index < -0.39 is 0 Å². The minimum atomic E-state index is -0.382. The molecule has 182 valence electrons. The molecule has 0 bridgehead atoms. The fraction of sp³-hybridized carbons (Fsp3) is 0.385. The molecule has 0 aliphatic carbocycles. The van der Waals surface area contributed by atoms with Gasteiger partial charge in [0.25, 0.3) is 0 Å². The Hall–Kier alpha value is -3.39. The SMILES string of the molecule is COC(=O)N1CC=C(c2cc3c(N4CC(C)(C(=O)CCc5ccc(Cl)cc5)C4)ncnn3c2)CC1. The van der Waals surface area contributed by atoms with Crippen LogP contribution in [0.2, 0.25) is 5.02 Å². The first-order valence-corrected chi connectivity index (χ1v) is 12.1. The molecule has 1 saturated heterocycles.